The van der Waals surface area contributed by atoms with Crippen LogP contribution in [-0.2, 0) is 6.54 Å². The van der Waals surface area contributed by atoms with E-state index in [0.717, 1.165) is 20.9 Å². The van der Waals surface area contributed by atoms with E-state index in [1.807, 2.05) is 48.5 Å². The lowest BCUT2D eigenvalue weighted by atomic mass is 10.2. The molecule has 0 bridgehead atoms. The molecule has 1 aromatic heterocycles. The van der Waals surface area contributed by atoms with Gasteiger partial charge in [0.1, 0.15) is 11.5 Å². The molecule has 0 saturated heterocycles. The predicted molar refractivity (Wildman–Crippen MR) is 126 cm³/mol. The summed E-state index contributed by atoms with van der Waals surface area (Å²) in [5, 5.41) is 10.0. The number of benzene rings is 2. The fourth-order valence-electron chi connectivity index (χ4n) is 2.67. The van der Waals surface area contributed by atoms with Crippen LogP contribution < -0.4 is 9.04 Å². The van der Waals surface area contributed by atoms with Crippen LogP contribution in [0.2, 0.25) is 0 Å². The van der Waals surface area contributed by atoms with E-state index < -0.39 is 0 Å². The van der Waals surface area contributed by atoms with Crippen molar-refractivity contribution in [2.45, 2.75) is 11.4 Å². The molecule has 0 atom stereocenters. The van der Waals surface area contributed by atoms with E-state index >= 15 is 0 Å². The van der Waals surface area contributed by atoms with Crippen LogP contribution in [0.1, 0.15) is 5.56 Å². The Kier molecular flexibility index (Phi) is 7.54. The van der Waals surface area contributed by atoms with Crippen LogP contribution in [0.3, 0.4) is 0 Å². The lowest BCUT2D eigenvalue weighted by Crippen LogP contribution is -2.15. The van der Waals surface area contributed by atoms with Crippen LogP contribution in [0.15, 0.2) is 115 Å². The SMILES string of the molecule is C=C/C=C(\C=C)Oc1ccc(SN(Cc2ccccc2)c2cccn(O)c2=S)cc1. The van der Waals surface area contributed by atoms with Gasteiger partial charge in [-0.05, 0) is 66.1 Å². The van der Waals surface area contributed by atoms with Gasteiger partial charge in [0, 0.05) is 11.1 Å². The molecule has 0 aliphatic carbocycles. The minimum Gasteiger partial charge on any atom is -0.457 e. The van der Waals surface area contributed by atoms with Crippen LogP contribution in [0, 0.1) is 4.64 Å². The van der Waals surface area contributed by atoms with Crippen LogP contribution in [0.4, 0.5) is 5.69 Å². The van der Waals surface area contributed by atoms with Gasteiger partial charge < -0.3 is 14.2 Å². The first-order valence-corrected chi connectivity index (χ1v) is 10.4. The summed E-state index contributed by atoms with van der Waals surface area (Å²) < 4.78 is 9.15. The average Bonchev–Trinajstić information content (AvgIpc) is 2.77. The minimum absolute atomic E-state index is 0.353. The number of hydrogen-bond donors (Lipinski definition) is 1. The van der Waals surface area contributed by atoms with Crippen molar-refractivity contribution in [2.75, 3.05) is 4.31 Å². The Labute approximate surface area is 186 Å². The third kappa shape index (κ3) is 5.65. The number of pyridine rings is 1. The lowest BCUT2D eigenvalue weighted by molar-refractivity contribution is 0.181. The molecule has 0 fully saturated rings. The van der Waals surface area contributed by atoms with Crippen molar-refractivity contribution < 1.29 is 9.94 Å². The number of anilines is 1. The number of allylic oxidation sites excluding steroid dienone is 3. The van der Waals surface area contributed by atoms with Crippen LogP contribution >= 0.6 is 24.2 Å². The molecule has 3 rings (SSSR count). The largest absolute Gasteiger partial charge is 0.457 e. The summed E-state index contributed by atoms with van der Waals surface area (Å²) in [6.07, 6.45) is 6.57. The topological polar surface area (TPSA) is 37.6 Å². The highest BCUT2D eigenvalue weighted by atomic mass is 32.2. The first-order valence-electron chi connectivity index (χ1n) is 9.24. The third-order valence-electron chi connectivity index (χ3n) is 4.10. The third-order valence-corrected chi connectivity index (χ3v) is 5.53. The highest BCUT2D eigenvalue weighted by Gasteiger charge is 2.13. The van der Waals surface area contributed by atoms with Gasteiger partial charge in [-0.1, -0.05) is 61.8 Å². The zero-order valence-electron chi connectivity index (χ0n) is 16.3. The van der Waals surface area contributed by atoms with Gasteiger partial charge in [-0.15, -0.1) is 0 Å². The second-order valence-electron chi connectivity index (χ2n) is 6.24. The molecular weight excluding hydrogens is 412 g/mol. The maximum atomic E-state index is 10.0. The van der Waals surface area contributed by atoms with Crippen molar-refractivity contribution >= 4 is 29.9 Å². The van der Waals surface area contributed by atoms with Crippen molar-refractivity contribution in [1.82, 2.24) is 4.73 Å². The summed E-state index contributed by atoms with van der Waals surface area (Å²) in [7, 11) is 0. The first-order chi connectivity index (χ1) is 14.6. The van der Waals surface area contributed by atoms with Crippen molar-refractivity contribution in [3.63, 3.8) is 0 Å². The molecule has 0 radical (unpaired) electrons. The number of ether oxygens (including phenoxy) is 1. The molecule has 0 amide bonds. The van der Waals surface area contributed by atoms with E-state index in [1.54, 1.807) is 24.3 Å². The summed E-state index contributed by atoms with van der Waals surface area (Å²) in [5.41, 5.74) is 1.89. The molecule has 1 heterocycles. The first kappa shape index (κ1) is 21.5. The summed E-state index contributed by atoms with van der Waals surface area (Å²) in [6, 6.07) is 21.5. The second-order valence-corrected chi connectivity index (χ2v) is 7.72. The minimum atomic E-state index is 0.353. The fourth-order valence-corrected chi connectivity index (χ4v) is 3.94. The van der Waals surface area contributed by atoms with Gasteiger partial charge in [0.2, 0.25) is 0 Å². The van der Waals surface area contributed by atoms with Crippen molar-refractivity contribution in [2.24, 2.45) is 0 Å². The Morgan fingerprint density at radius 2 is 1.80 bits per heavy atom. The Balaban J connectivity index is 1.85. The monoisotopic (exact) mass is 434 g/mol. The Morgan fingerprint density at radius 1 is 1.07 bits per heavy atom. The van der Waals surface area contributed by atoms with Gasteiger partial charge in [0.05, 0.1) is 12.2 Å². The van der Waals surface area contributed by atoms with E-state index in [1.165, 1.54) is 18.1 Å². The summed E-state index contributed by atoms with van der Waals surface area (Å²) in [5.74, 6) is 1.34. The number of hydrogen-bond acceptors (Lipinski definition) is 5. The molecule has 0 saturated carbocycles. The summed E-state index contributed by atoms with van der Waals surface area (Å²) >= 11 is 6.96. The van der Waals surface area contributed by atoms with Crippen LogP contribution in [-0.4, -0.2) is 9.94 Å². The number of rotatable bonds is 9. The quantitative estimate of drug-likeness (QED) is 0.132. The Bertz CT molecular complexity index is 1090. The molecular formula is C24H22N2O2S2. The van der Waals surface area contributed by atoms with Gasteiger partial charge in [0.25, 0.3) is 0 Å². The van der Waals surface area contributed by atoms with Crippen molar-refractivity contribution in [3.8, 4) is 5.75 Å². The molecule has 0 spiro atoms. The molecule has 0 aliphatic rings. The van der Waals surface area contributed by atoms with Crippen molar-refractivity contribution in [1.29, 1.82) is 0 Å². The standard InChI is InChI=1S/C24H22N2O2S2/c1-3-9-20(4-2)28-21-13-15-22(16-14-21)30-26(18-19-10-6-5-7-11-19)23-12-8-17-25(27)24(23)29/h3-17,27H,1-2,18H2/b20-9+. The maximum absolute atomic E-state index is 10.0. The summed E-state index contributed by atoms with van der Waals surface area (Å²) in [4.78, 5) is 1.01. The lowest BCUT2D eigenvalue weighted by Gasteiger charge is -2.24. The van der Waals surface area contributed by atoms with Gasteiger partial charge in [-0.2, -0.15) is 4.73 Å². The molecule has 0 unspecified atom stereocenters. The second kappa shape index (κ2) is 10.5. The molecule has 2 aromatic carbocycles. The van der Waals surface area contributed by atoms with Crippen molar-refractivity contribution in [3.05, 3.63) is 120 Å². The molecule has 30 heavy (non-hydrogen) atoms. The molecule has 6 heteroatoms. The Morgan fingerprint density at radius 3 is 2.47 bits per heavy atom. The Hall–Kier alpha value is -3.22. The smallest absolute Gasteiger partial charge is 0.166 e. The molecule has 0 aliphatic heterocycles. The van der Waals surface area contributed by atoms with E-state index in [2.05, 4.69) is 29.6 Å². The van der Waals surface area contributed by atoms with E-state index in [9.17, 15) is 5.21 Å². The van der Waals surface area contributed by atoms with Gasteiger partial charge in [-0.25, -0.2) is 0 Å². The number of aromatic nitrogens is 1. The summed E-state index contributed by atoms with van der Waals surface area (Å²) in [6.45, 7) is 8.03. The fraction of sp³-hybridized carbons (Fsp3) is 0.0417. The highest BCUT2D eigenvalue weighted by Crippen LogP contribution is 2.32. The maximum Gasteiger partial charge on any atom is 0.166 e. The normalized spacial score (nSPS) is 11.0. The van der Waals surface area contributed by atoms with Gasteiger partial charge in [0.15, 0.2) is 4.64 Å². The van der Waals surface area contributed by atoms with Crippen LogP contribution in [0.5, 0.6) is 5.75 Å². The van der Waals surface area contributed by atoms with Gasteiger partial charge >= 0.3 is 0 Å². The molecule has 1 N–H and O–H groups in total. The zero-order chi connectivity index (χ0) is 21.3. The molecule has 152 valence electrons. The molecule has 4 nitrogen and oxygen atoms in total. The number of nitrogens with zero attached hydrogens (tertiary/aromatic N) is 2. The zero-order valence-corrected chi connectivity index (χ0v) is 18.0. The van der Waals surface area contributed by atoms with E-state index in [4.69, 9.17) is 17.0 Å². The predicted octanol–water partition coefficient (Wildman–Crippen LogP) is 6.80. The van der Waals surface area contributed by atoms with Gasteiger partial charge in [-0.3, -0.25) is 0 Å². The van der Waals surface area contributed by atoms with E-state index in [-0.39, 0.29) is 0 Å². The average molecular weight is 435 g/mol. The highest BCUT2D eigenvalue weighted by molar-refractivity contribution is 8.00. The molecule has 3 aromatic rings. The van der Waals surface area contributed by atoms with Crippen LogP contribution in [0.25, 0.3) is 0 Å². The van der Waals surface area contributed by atoms with E-state index in [0.29, 0.717) is 22.7 Å².